The minimum absolute atomic E-state index is 0.161. The second-order valence-electron chi connectivity index (χ2n) is 14.3. The number of hydrogen-bond donors (Lipinski definition) is 0. The lowest BCUT2D eigenvalue weighted by Gasteiger charge is -2.40. The van der Waals surface area contributed by atoms with Crippen LogP contribution in [0, 0.1) is 0 Å². The number of aliphatic imine (C=N–C) groups is 1. The predicted octanol–water partition coefficient (Wildman–Crippen LogP) is 13.2. The summed E-state index contributed by atoms with van der Waals surface area (Å²) in [7, 11) is 0. The molecule has 11 aromatic rings. The summed E-state index contributed by atoms with van der Waals surface area (Å²) in [6, 6.07) is 63.9. The Morgan fingerprint density at radius 3 is 1.89 bits per heavy atom. The molecule has 0 fully saturated rings. The van der Waals surface area contributed by atoms with Crippen molar-refractivity contribution in [1.29, 1.82) is 0 Å². The number of aromatic nitrogens is 1. The number of fused-ring (bicyclic) bond motifs is 9. The maximum Gasteiger partial charge on any atom is 0.155 e. The Morgan fingerprint density at radius 1 is 0.436 bits per heavy atom. The summed E-state index contributed by atoms with van der Waals surface area (Å²) in [6.45, 7) is 0. The van der Waals surface area contributed by atoms with Gasteiger partial charge in [0.25, 0.3) is 0 Å². The van der Waals surface area contributed by atoms with E-state index in [1.54, 1.807) is 0 Å². The van der Waals surface area contributed by atoms with Gasteiger partial charge in [0.2, 0.25) is 0 Å². The third-order valence-corrected chi connectivity index (χ3v) is 11.2. The second kappa shape index (κ2) is 11.6. The minimum Gasteiger partial charge on any atom is -0.456 e. The lowest BCUT2D eigenvalue weighted by molar-refractivity contribution is 0.660. The summed E-state index contributed by atoms with van der Waals surface area (Å²) in [5.74, 6) is 0.963. The van der Waals surface area contributed by atoms with Crippen LogP contribution >= 0.6 is 0 Å². The Bertz CT molecular complexity index is 3280. The summed E-state index contributed by atoms with van der Waals surface area (Å²) in [5, 5.41) is 6.80. The molecular weight excluding hydrogens is 675 g/mol. The van der Waals surface area contributed by atoms with Gasteiger partial charge in [-0.25, -0.2) is 4.99 Å². The number of rotatable bonds is 5. The van der Waals surface area contributed by atoms with Crippen LogP contribution in [0.3, 0.4) is 0 Å². The van der Waals surface area contributed by atoms with E-state index in [-0.39, 0.29) is 6.17 Å². The van der Waals surface area contributed by atoms with Gasteiger partial charge in [-0.1, -0.05) is 127 Å². The molecule has 258 valence electrons. The summed E-state index contributed by atoms with van der Waals surface area (Å²) >= 11 is 0. The number of hydrogen-bond acceptors (Lipinski definition) is 4. The van der Waals surface area contributed by atoms with Gasteiger partial charge in [0.15, 0.2) is 6.17 Å². The van der Waals surface area contributed by atoms with Gasteiger partial charge >= 0.3 is 0 Å². The number of para-hydroxylation sites is 4. The van der Waals surface area contributed by atoms with Crippen LogP contribution in [0.5, 0.6) is 0 Å². The zero-order chi connectivity index (χ0) is 36.0. The van der Waals surface area contributed by atoms with E-state index in [0.717, 1.165) is 83.3 Å². The van der Waals surface area contributed by atoms with Crippen LogP contribution in [0.15, 0.2) is 196 Å². The quantitative estimate of drug-likeness (QED) is 0.179. The standard InChI is InChI=1S/C50H31N3O2/c1-3-13-31(14-4-1)49-51-50(53(49)33-15-5-2-6-16-33)32-25-27-41-45(29-32)54-44-24-12-19-38(47(41)44)40-21-11-20-39-37-28-26-34(30-46(37)55-48(39)40)52-42-22-9-7-17-35(42)36-18-8-10-23-43(36)52/h1-30,50H. The van der Waals surface area contributed by atoms with E-state index >= 15 is 0 Å². The molecule has 1 atom stereocenters. The van der Waals surface area contributed by atoms with Gasteiger partial charge in [0, 0.05) is 66.4 Å². The Hall–Kier alpha value is -7.37. The molecule has 0 amide bonds. The topological polar surface area (TPSA) is 46.8 Å². The molecule has 0 aliphatic carbocycles. The van der Waals surface area contributed by atoms with Crippen molar-refractivity contribution in [3.05, 3.63) is 193 Å². The van der Waals surface area contributed by atoms with Crippen LogP contribution in [0.4, 0.5) is 5.69 Å². The molecule has 3 aromatic heterocycles. The van der Waals surface area contributed by atoms with Gasteiger partial charge < -0.3 is 13.4 Å². The summed E-state index contributed by atoms with van der Waals surface area (Å²) in [6.07, 6.45) is -0.161. The lowest BCUT2D eigenvalue weighted by atomic mass is 9.96. The average molecular weight is 706 g/mol. The first-order valence-corrected chi connectivity index (χ1v) is 18.7. The molecule has 1 unspecified atom stereocenters. The van der Waals surface area contributed by atoms with Crippen LogP contribution in [0.1, 0.15) is 17.3 Å². The Morgan fingerprint density at radius 2 is 1.09 bits per heavy atom. The fourth-order valence-electron chi connectivity index (χ4n) is 8.74. The van der Waals surface area contributed by atoms with Gasteiger partial charge in [-0.05, 0) is 54.1 Å². The molecule has 12 rings (SSSR count). The summed E-state index contributed by atoms with van der Waals surface area (Å²) in [5.41, 5.74) is 12.2. The average Bonchev–Trinajstić information content (AvgIpc) is 3.90. The van der Waals surface area contributed by atoms with Gasteiger partial charge in [-0.3, -0.25) is 4.90 Å². The summed E-state index contributed by atoms with van der Waals surface area (Å²) in [4.78, 5) is 7.44. The molecule has 5 heteroatoms. The predicted molar refractivity (Wildman–Crippen MR) is 225 cm³/mol. The number of nitrogens with zero attached hydrogens (tertiary/aromatic N) is 3. The minimum atomic E-state index is -0.161. The van der Waals surface area contributed by atoms with Crippen LogP contribution in [-0.4, -0.2) is 10.4 Å². The van der Waals surface area contributed by atoms with E-state index in [0.29, 0.717) is 0 Å². The number of furan rings is 2. The fraction of sp³-hybridized carbons (Fsp3) is 0.0200. The third kappa shape index (κ3) is 4.44. The van der Waals surface area contributed by atoms with Crippen LogP contribution < -0.4 is 4.90 Å². The lowest BCUT2D eigenvalue weighted by Crippen LogP contribution is -2.43. The van der Waals surface area contributed by atoms with Crippen LogP contribution in [0.2, 0.25) is 0 Å². The van der Waals surface area contributed by atoms with Gasteiger partial charge in [-0.2, -0.15) is 0 Å². The molecule has 4 heterocycles. The first-order valence-electron chi connectivity index (χ1n) is 18.7. The van der Waals surface area contributed by atoms with Crippen LogP contribution in [0.25, 0.3) is 82.5 Å². The number of amidine groups is 1. The molecule has 0 spiro atoms. The fourth-order valence-corrected chi connectivity index (χ4v) is 8.74. The Balaban J connectivity index is 0.983. The van der Waals surface area contributed by atoms with Gasteiger partial charge in [0.05, 0.1) is 11.0 Å². The van der Waals surface area contributed by atoms with Crippen molar-refractivity contribution in [2.45, 2.75) is 6.17 Å². The highest BCUT2D eigenvalue weighted by Crippen LogP contribution is 2.44. The zero-order valence-electron chi connectivity index (χ0n) is 29.6. The van der Waals surface area contributed by atoms with Crippen LogP contribution in [-0.2, 0) is 0 Å². The van der Waals surface area contributed by atoms with Crippen molar-refractivity contribution in [1.82, 2.24) is 4.57 Å². The highest BCUT2D eigenvalue weighted by molar-refractivity contribution is 6.18. The van der Waals surface area contributed by atoms with Crippen molar-refractivity contribution in [2.24, 2.45) is 4.99 Å². The molecule has 5 nitrogen and oxygen atoms in total. The van der Waals surface area contributed by atoms with Crippen molar-refractivity contribution in [3.63, 3.8) is 0 Å². The van der Waals surface area contributed by atoms with Crippen molar-refractivity contribution < 1.29 is 8.83 Å². The van der Waals surface area contributed by atoms with Crippen molar-refractivity contribution in [2.75, 3.05) is 4.90 Å². The van der Waals surface area contributed by atoms with E-state index in [1.807, 2.05) is 12.1 Å². The Labute approximate surface area is 315 Å². The zero-order valence-corrected chi connectivity index (χ0v) is 29.6. The molecule has 0 N–H and O–H groups in total. The Kier molecular flexibility index (Phi) is 6.33. The monoisotopic (exact) mass is 705 g/mol. The molecule has 0 bridgehead atoms. The van der Waals surface area contributed by atoms with E-state index in [2.05, 4.69) is 179 Å². The van der Waals surface area contributed by atoms with Crippen molar-refractivity contribution >= 4 is 77.2 Å². The summed E-state index contributed by atoms with van der Waals surface area (Å²) < 4.78 is 15.8. The van der Waals surface area contributed by atoms with E-state index in [4.69, 9.17) is 13.8 Å². The van der Waals surface area contributed by atoms with E-state index < -0.39 is 0 Å². The number of benzene rings is 8. The maximum absolute atomic E-state index is 6.85. The van der Waals surface area contributed by atoms with E-state index in [1.165, 1.54) is 21.8 Å². The SMILES string of the molecule is c1ccc(C2=NC(c3ccc4c(c3)oc3cccc(-c5cccc6c5oc5cc(-n7c8ccccc8c8ccccc87)ccc56)c34)N2c2ccccc2)cc1. The first kappa shape index (κ1) is 30.1. The highest BCUT2D eigenvalue weighted by Gasteiger charge is 2.34. The van der Waals surface area contributed by atoms with Crippen molar-refractivity contribution in [3.8, 4) is 16.8 Å². The van der Waals surface area contributed by atoms with Gasteiger partial charge in [0.1, 0.15) is 28.2 Å². The first-order chi connectivity index (χ1) is 27.3. The molecule has 1 aliphatic rings. The smallest absolute Gasteiger partial charge is 0.155 e. The normalized spacial score (nSPS) is 14.4. The van der Waals surface area contributed by atoms with Gasteiger partial charge in [-0.15, -0.1) is 0 Å². The van der Waals surface area contributed by atoms with E-state index in [9.17, 15) is 0 Å². The molecular formula is C50H31N3O2. The maximum atomic E-state index is 6.85. The molecule has 1 aliphatic heterocycles. The molecule has 0 saturated carbocycles. The molecule has 0 saturated heterocycles. The molecule has 0 radical (unpaired) electrons. The number of anilines is 1. The third-order valence-electron chi connectivity index (χ3n) is 11.2. The highest BCUT2D eigenvalue weighted by atomic mass is 16.3. The molecule has 8 aromatic carbocycles. The largest absolute Gasteiger partial charge is 0.456 e. The second-order valence-corrected chi connectivity index (χ2v) is 14.3. The molecule has 55 heavy (non-hydrogen) atoms.